The van der Waals surface area contributed by atoms with Gasteiger partial charge in [-0.1, -0.05) is 58.1 Å². The Balaban J connectivity index is 0.930. The fourth-order valence-corrected chi connectivity index (χ4v) is 13.4. The predicted octanol–water partition coefficient (Wildman–Crippen LogP) is 10.9. The predicted molar refractivity (Wildman–Crippen MR) is 199 cm³/mol. The van der Waals surface area contributed by atoms with E-state index in [2.05, 4.69) is 57.0 Å². The van der Waals surface area contributed by atoms with Gasteiger partial charge in [0.1, 0.15) is 11.9 Å². The quantitative estimate of drug-likeness (QED) is 0.148. The summed E-state index contributed by atoms with van der Waals surface area (Å²) in [6, 6.07) is 6.85. The standard InChI is InChI=1S/C46H62O4/c1-6-8-9-10-11-43(47)50-46(7-2)27-24-41-39-17-13-31-29-33(15-19-35(31)37(39)23-26-45(41,46)4)49-42-21-20-40-38-16-12-30-28-32(48-5)14-18-34(30)36(38)22-25-44(40,42)3/h2,13-14,18,28-29,35-42H,6,8-12,15-17,19-27H2,1,3-5H3/t35-,36+,37+,38+,39+,40-,41-,42-,44-,45-,46-/m0/s1. The van der Waals surface area contributed by atoms with E-state index in [0.29, 0.717) is 42.1 Å². The Labute approximate surface area is 302 Å². The Morgan fingerprint density at radius 1 is 0.900 bits per heavy atom. The van der Waals surface area contributed by atoms with Crippen molar-refractivity contribution in [1.82, 2.24) is 0 Å². The van der Waals surface area contributed by atoms with Gasteiger partial charge in [0.25, 0.3) is 0 Å². The smallest absolute Gasteiger partial charge is 0.307 e. The summed E-state index contributed by atoms with van der Waals surface area (Å²) in [5.41, 5.74) is 4.05. The molecular weight excluding hydrogens is 617 g/mol. The van der Waals surface area contributed by atoms with Gasteiger partial charge in [-0.25, -0.2) is 0 Å². The normalized spacial score (nSPS) is 41.1. The van der Waals surface area contributed by atoms with Crippen molar-refractivity contribution < 1.29 is 19.0 Å². The molecule has 0 unspecified atom stereocenters. The third kappa shape index (κ3) is 5.49. The molecule has 4 heteroatoms. The summed E-state index contributed by atoms with van der Waals surface area (Å²) < 4.78 is 19.0. The maximum atomic E-state index is 13.0. The molecule has 7 aliphatic carbocycles. The summed E-state index contributed by atoms with van der Waals surface area (Å²) in [6.45, 7) is 7.14. The number of benzene rings is 1. The lowest BCUT2D eigenvalue weighted by Crippen LogP contribution is -2.53. The first-order valence-electron chi connectivity index (χ1n) is 20.7. The maximum absolute atomic E-state index is 13.0. The number of carbonyl (C=O) groups excluding carboxylic acids is 1. The van der Waals surface area contributed by atoms with Gasteiger partial charge in [0, 0.05) is 23.7 Å². The summed E-state index contributed by atoms with van der Waals surface area (Å²) in [5.74, 6) is 9.96. The number of unbranched alkanes of at least 4 members (excludes halogenated alkanes) is 3. The molecule has 0 saturated heterocycles. The van der Waals surface area contributed by atoms with E-state index in [1.807, 2.05) is 0 Å². The zero-order chi connectivity index (χ0) is 34.7. The van der Waals surface area contributed by atoms with E-state index in [-0.39, 0.29) is 16.8 Å². The highest BCUT2D eigenvalue weighted by Gasteiger charge is 2.64. The van der Waals surface area contributed by atoms with E-state index in [9.17, 15) is 4.79 Å². The summed E-state index contributed by atoms with van der Waals surface area (Å²) in [7, 11) is 1.78. The van der Waals surface area contributed by atoms with Crippen molar-refractivity contribution in [2.75, 3.05) is 7.11 Å². The first-order valence-corrected chi connectivity index (χ1v) is 20.7. The van der Waals surface area contributed by atoms with Crippen molar-refractivity contribution in [2.45, 2.75) is 154 Å². The fraction of sp³-hybridized carbons (Fsp3) is 0.717. The largest absolute Gasteiger partial charge is 0.497 e. The highest BCUT2D eigenvalue weighted by atomic mass is 16.6. The molecule has 1 aromatic carbocycles. The van der Waals surface area contributed by atoms with Gasteiger partial charge in [-0.3, -0.25) is 4.79 Å². The number of esters is 1. The van der Waals surface area contributed by atoms with Crippen LogP contribution in [0, 0.1) is 58.7 Å². The average Bonchev–Trinajstić information content (AvgIpc) is 3.62. The van der Waals surface area contributed by atoms with Crippen molar-refractivity contribution in [3.05, 3.63) is 52.8 Å². The van der Waals surface area contributed by atoms with Crippen LogP contribution in [-0.4, -0.2) is 24.8 Å². The molecule has 0 bridgehead atoms. The summed E-state index contributed by atoms with van der Waals surface area (Å²) in [6.07, 6.45) is 31.6. The van der Waals surface area contributed by atoms with Crippen LogP contribution in [0.2, 0.25) is 0 Å². The average molecular weight is 679 g/mol. The summed E-state index contributed by atoms with van der Waals surface area (Å²) in [5, 5.41) is 0. The fourth-order valence-electron chi connectivity index (χ4n) is 13.4. The zero-order valence-electron chi connectivity index (χ0n) is 31.4. The van der Waals surface area contributed by atoms with E-state index < -0.39 is 5.60 Å². The number of ether oxygens (including phenoxy) is 3. The molecule has 0 amide bonds. The van der Waals surface area contributed by atoms with Crippen LogP contribution < -0.4 is 4.74 Å². The van der Waals surface area contributed by atoms with Gasteiger partial charge in [-0.15, -0.1) is 6.42 Å². The van der Waals surface area contributed by atoms with Gasteiger partial charge < -0.3 is 14.2 Å². The maximum Gasteiger partial charge on any atom is 0.307 e. The van der Waals surface area contributed by atoms with Gasteiger partial charge in [0.05, 0.1) is 12.9 Å². The number of hydrogen-bond acceptors (Lipinski definition) is 4. The summed E-state index contributed by atoms with van der Waals surface area (Å²) >= 11 is 0. The molecule has 1 aromatic rings. The molecule has 50 heavy (non-hydrogen) atoms. The summed E-state index contributed by atoms with van der Waals surface area (Å²) in [4.78, 5) is 13.0. The monoisotopic (exact) mass is 678 g/mol. The van der Waals surface area contributed by atoms with Crippen molar-refractivity contribution in [1.29, 1.82) is 0 Å². The van der Waals surface area contributed by atoms with Gasteiger partial charge in [-0.2, -0.15) is 0 Å². The zero-order valence-corrected chi connectivity index (χ0v) is 31.4. The lowest BCUT2D eigenvalue weighted by molar-refractivity contribution is -0.170. The lowest BCUT2D eigenvalue weighted by atomic mass is 9.51. The molecule has 0 heterocycles. The number of terminal acetylenes is 1. The van der Waals surface area contributed by atoms with Gasteiger partial charge >= 0.3 is 5.97 Å². The molecule has 0 aromatic heterocycles. The number of fused-ring (bicyclic) bond motifs is 10. The van der Waals surface area contributed by atoms with Gasteiger partial charge in [0.15, 0.2) is 5.60 Å². The Morgan fingerprint density at radius 2 is 1.78 bits per heavy atom. The molecule has 4 fully saturated rings. The van der Waals surface area contributed by atoms with Crippen LogP contribution >= 0.6 is 0 Å². The molecule has 0 aliphatic heterocycles. The molecule has 4 saturated carbocycles. The van der Waals surface area contributed by atoms with Crippen molar-refractivity contribution in [3.63, 3.8) is 0 Å². The van der Waals surface area contributed by atoms with E-state index in [1.165, 1.54) is 75.5 Å². The molecular formula is C46H62O4. The highest BCUT2D eigenvalue weighted by molar-refractivity contribution is 5.70. The van der Waals surface area contributed by atoms with Crippen molar-refractivity contribution >= 4 is 5.97 Å². The van der Waals surface area contributed by atoms with Crippen LogP contribution in [-0.2, 0) is 20.7 Å². The minimum Gasteiger partial charge on any atom is -0.497 e. The second kappa shape index (κ2) is 13.4. The molecule has 11 atom stereocenters. The third-order valence-electron chi connectivity index (χ3n) is 16.1. The van der Waals surface area contributed by atoms with Crippen LogP contribution in [0.25, 0.3) is 0 Å². The third-order valence-corrected chi connectivity index (χ3v) is 16.1. The van der Waals surface area contributed by atoms with E-state index in [0.717, 1.165) is 62.5 Å². The number of rotatable bonds is 9. The number of hydrogen-bond donors (Lipinski definition) is 0. The van der Waals surface area contributed by atoms with E-state index in [4.69, 9.17) is 20.6 Å². The van der Waals surface area contributed by atoms with Gasteiger partial charge in [-0.05, 0) is 160 Å². The van der Waals surface area contributed by atoms with E-state index in [1.54, 1.807) is 18.2 Å². The van der Waals surface area contributed by atoms with E-state index >= 15 is 0 Å². The molecule has 0 radical (unpaired) electrons. The topological polar surface area (TPSA) is 44.8 Å². The molecule has 8 rings (SSSR count). The number of carbonyl (C=O) groups is 1. The number of allylic oxidation sites excluding steroid dienone is 4. The van der Waals surface area contributed by atoms with Crippen LogP contribution in [0.4, 0.5) is 0 Å². The van der Waals surface area contributed by atoms with Crippen LogP contribution in [0.15, 0.2) is 41.7 Å². The second-order valence-electron chi connectivity index (χ2n) is 18.1. The van der Waals surface area contributed by atoms with Crippen LogP contribution in [0.3, 0.4) is 0 Å². The molecule has 270 valence electrons. The minimum atomic E-state index is -0.745. The minimum absolute atomic E-state index is 0.0839. The Morgan fingerprint density at radius 3 is 2.60 bits per heavy atom. The second-order valence-corrected chi connectivity index (χ2v) is 18.1. The van der Waals surface area contributed by atoms with Crippen LogP contribution in [0.5, 0.6) is 5.75 Å². The Kier molecular flexibility index (Phi) is 9.21. The van der Waals surface area contributed by atoms with Gasteiger partial charge in [0.2, 0.25) is 0 Å². The number of aryl methyl sites for hydroxylation is 1. The highest BCUT2D eigenvalue weighted by Crippen LogP contribution is 2.66. The molecule has 0 N–H and O–H groups in total. The Hall–Kier alpha value is -2.67. The van der Waals surface area contributed by atoms with Crippen LogP contribution in [0.1, 0.15) is 147 Å². The Bertz CT molecular complexity index is 1560. The first-order chi connectivity index (χ1) is 24.2. The first kappa shape index (κ1) is 34.4. The molecule has 0 spiro atoms. The molecule has 4 nitrogen and oxygen atoms in total. The van der Waals surface area contributed by atoms with Crippen molar-refractivity contribution in [3.8, 4) is 18.1 Å². The SMILES string of the molecule is C#C[C@]1(OC(=O)CCCCCC)CC[C@H]2[C@@H]3CC=C4C=C(O[C@H]5CC[C@H]6[C@@H]7CCc8cc(OC)ccc8[C@H]7CC[C@]56C)CC[C@@H]4[C@H]3CC[C@@]21C. The lowest BCUT2D eigenvalue weighted by Gasteiger charge is -2.54. The van der Waals surface area contributed by atoms with Crippen molar-refractivity contribution in [2.24, 2.45) is 46.3 Å². The number of methoxy groups -OCH3 is 1. The molecule has 7 aliphatic rings.